The SMILES string of the molecule is CCOC(=O)C(C)N.CP(C)(=O)O. The molecule has 0 fully saturated rings. The lowest BCUT2D eigenvalue weighted by atomic mass is 10.4. The Morgan fingerprint density at radius 1 is 1.62 bits per heavy atom. The minimum absolute atomic E-state index is 0.340. The van der Waals surface area contributed by atoms with E-state index in [2.05, 4.69) is 4.74 Å². The van der Waals surface area contributed by atoms with Gasteiger partial charge in [-0.15, -0.1) is 0 Å². The molecule has 0 aliphatic carbocycles. The fourth-order valence-electron chi connectivity index (χ4n) is 0.274. The first-order valence-corrected chi connectivity index (χ1v) is 6.43. The van der Waals surface area contributed by atoms with Crippen LogP contribution in [-0.2, 0) is 14.1 Å². The van der Waals surface area contributed by atoms with Crippen LogP contribution in [-0.4, -0.2) is 36.8 Å². The second-order valence-corrected chi connectivity index (χ2v) is 5.42. The van der Waals surface area contributed by atoms with Crippen LogP contribution in [0, 0.1) is 0 Å². The standard InChI is InChI=1S/C5H11NO2.C2H7O2P/c1-3-8-5(7)4(2)6;1-5(2,3)4/h4H,3,6H2,1-2H3;1-2H3,(H,3,4). The topological polar surface area (TPSA) is 89.6 Å². The highest BCUT2D eigenvalue weighted by Crippen LogP contribution is 2.27. The Morgan fingerprint density at radius 3 is 2.00 bits per heavy atom. The normalized spacial score (nSPS) is 12.5. The van der Waals surface area contributed by atoms with Gasteiger partial charge in [0.2, 0.25) is 0 Å². The van der Waals surface area contributed by atoms with Crippen molar-refractivity contribution >= 4 is 13.3 Å². The zero-order valence-electron chi connectivity index (χ0n) is 8.48. The lowest BCUT2D eigenvalue weighted by molar-refractivity contribution is -0.144. The average molecular weight is 211 g/mol. The predicted octanol–water partition coefficient (Wildman–Crippen LogP) is 0.413. The molecule has 1 atom stereocenters. The molecule has 0 spiro atoms. The van der Waals surface area contributed by atoms with E-state index in [4.69, 9.17) is 10.6 Å². The molecule has 6 heteroatoms. The number of hydrogen-bond donors (Lipinski definition) is 2. The highest BCUT2D eigenvalue weighted by molar-refractivity contribution is 7.56. The van der Waals surface area contributed by atoms with Crippen LogP contribution in [0.1, 0.15) is 13.8 Å². The number of carbonyl (C=O) groups excluding carboxylic acids is 1. The molecule has 0 rings (SSSR count). The summed E-state index contributed by atoms with van der Waals surface area (Å²) in [5.74, 6) is -0.340. The highest BCUT2D eigenvalue weighted by Gasteiger charge is 2.05. The monoisotopic (exact) mass is 211 g/mol. The van der Waals surface area contributed by atoms with Crippen molar-refractivity contribution in [3.8, 4) is 0 Å². The van der Waals surface area contributed by atoms with Crippen LogP contribution < -0.4 is 5.73 Å². The number of hydrogen-bond acceptors (Lipinski definition) is 4. The van der Waals surface area contributed by atoms with E-state index in [9.17, 15) is 9.36 Å². The molecular formula is C7H18NO4P. The zero-order chi connectivity index (χ0) is 11.1. The van der Waals surface area contributed by atoms with Gasteiger partial charge in [0.1, 0.15) is 6.04 Å². The first-order chi connectivity index (χ1) is 5.68. The summed E-state index contributed by atoms with van der Waals surface area (Å²) in [6, 6.07) is -0.491. The van der Waals surface area contributed by atoms with Crippen molar-refractivity contribution < 1.29 is 19.0 Å². The molecule has 3 N–H and O–H groups in total. The van der Waals surface area contributed by atoms with Gasteiger partial charge in [0.25, 0.3) is 0 Å². The van der Waals surface area contributed by atoms with E-state index in [1.165, 1.54) is 13.3 Å². The van der Waals surface area contributed by atoms with Crippen molar-refractivity contribution in [3.05, 3.63) is 0 Å². The van der Waals surface area contributed by atoms with Crippen LogP contribution >= 0.6 is 7.37 Å². The van der Waals surface area contributed by atoms with E-state index < -0.39 is 13.4 Å². The van der Waals surface area contributed by atoms with Gasteiger partial charge in [-0.25, -0.2) is 0 Å². The molecule has 0 aromatic rings. The molecule has 0 aliphatic rings. The fourth-order valence-corrected chi connectivity index (χ4v) is 0.274. The van der Waals surface area contributed by atoms with Crippen molar-refractivity contribution in [1.82, 2.24) is 0 Å². The molecule has 0 aromatic carbocycles. The third-order valence-electron chi connectivity index (χ3n) is 0.658. The second-order valence-electron chi connectivity index (χ2n) is 2.83. The zero-order valence-corrected chi connectivity index (χ0v) is 9.38. The smallest absolute Gasteiger partial charge is 0.322 e. The summed E-state index contributed by atoms with van der Waals surface area (Å²) in [6.45, 7) is 6.35. The number of carbonyl (C=O) groups is 1. The molecule has 0 saturated carbocycles. The largest absolute Gasteiger partial charge is 0.465 e. The predicted molar refractivity (Wildman–Crippen MR) is 52.0 cm³/mol. The van der Waals surface area contributed by atoms with Crippen molar-refractivity contribution in [2.45, 2.75) is 19.9 Å². The first-order valence-electron chi connectivity index (χ1n) is 3.88. The summed E-state index contributed by atoms with van der Waals surface area (Å²) in [4.78, 5) is 18.5. The quantitative estimate of drug-likeness (QED) is 0.510. The summed E-state index contributed by atoms with van der Waals surface area (Å²) in [5, 5.41) is 0. The summed E-state index contributed by atoms with van der Waals surface area (Å²) >= 11 is 0. The van der Waals surface area contributed by atoms with Crippen molar-refractivity contribution in [2.24, 2.45) is 5.73 Å². The van der Waals surface area contributed by atoms with Crippen LogP contribution in [0.5, 0.6) is 0 Å². The van der Waals surface area contributed by atoms with Crippen molar-refractivity contribution in [2.75, 3.05) is 19.9 Å². The minimum atomic E-state index is -2.64. The Balaban J connectivity index is 0. The molecule has 0 saturated heterocycles. The molecule has 5 nitrogen and oxygen atoms in total. The first kappa shape index (κ1) is 15.1. The molecule has 0 bridgehead atoms. The molecule has 80 valence electrons. The molecule has 0 aromatic heterocycles. The van der Waals surface area contributed by atoms with Crippen molar-refractivity contribution in [1.29, 1.82) is 0 Å². The Kier molecular flexibility index (Phi) is 8.21. The maximum absolute atomic E-state index is 10.4. The van der Waals surface area contributed by atoms with E-state index in [1.807, 2.05) is 0 Å². The van der Waals surface area contributed by atoms with Gasteiger partial charge in [-0.05, 0) is 13.8 Å². The summed E-state index contributed by atoms with van der Waals surface area (Å²) in [5.41, 5.74) is 5.15. The number of ether oxygens (including phenoxy) is 1. The van der Waals surface area contributed by atoms with Crippen LogP contribution in [0.15, 0.2) is 0 Å². The van der Waals surface area contributed by atoms with Crippen LogP contribution in [0.25, 0.3) is 0 Å². The molecular weight excluding hydrogens is 193 g/mol. The third kappa shape index (κ3) is 24.5. The van der Waals surface area contributed by atoms with Gasteiger partial charge in [-0.3, -0.25) is 9.36 Å². The van der Waals surface area contributed by atoms with E-state index in [0.717, 1.165) is 0 Å². The molecule has 0 radical (unpaired) electrons. The van der Waals surface area contributed by atoms with Gasteiger partial charge in [0.05, 0.1) is 6.61 Å². The maximum atomic E-state index is 10.4. The fraction of sp³-hybridized carbons (Fsp3) is 0.857. The molecule has 1 unspecified atom stereocenters. The number of nitrogens with two attached hydrogens (primary N) is 1. The van der Waals surface area contributed by atoms with E-state index in [-0.39, 0.29) is 5.97 Å². The van der Waals surface area contributed by atoms with Gasteiger partial charge in [-0.2, -0.15) is 0 Å². The summed E-state index contributed by atoms with van der Waals surface area (Å²) in [7, 11) is -2.64. The Morgan fingerprint density at radius 2 is 1.92 bits per heavy atom. The maximum Gasteiger partial charge on any atom is 0.322 e. The Bertz CT molecular complexity index is 179. The molecule has 0 heterocycles. The van der Waals surface area contributed by atoms with Gasteiger partial charge in [0.15, 0.2) is 7.37 Å². The van der Waals surface area contributed by atoms with Gasteiger partial charge in [0, 0.05) is 13.3 Å². The second kappa shape index (κ2) is 7.06. The number of rotatable bonds is 2. The third-order valence-corrected chi connectivity index (χ3v) is 0.658. The average Bonchev–Trinajstić information content (AvgIpc) is 1.84. The highest BCUT2D eigenvalue weighted by atomic mass is 31.2. The van der Waals surface area contributed by atoms with E-state index >= 15 is 0 Å². The summed E-state index contributed by atoms with van der Waals surface area (Å²) < 4.78 is 14.3. The summed E-state index contributed by atoms with van der Waals surface area (Å²) in [6.07, 6.45) is 0. The molecule has 0 aliphatic heterocycles. The van der Waals surface area contributed by atoms with Gasteiger partial charge < -0.3 is 15.4 Å². The van der Waals surface area contributed by atoms with Crippen LogP contribution in [0.4, 0.5) is 0 Å². The van der Waals surface area contributed by atoms with Crippen LogP contribution in [0.3, 0.4) is 0 Å². The van der Waals surface area contributed by atoms with E-state index in [1.54, 1.807) is 13.8 Å². The molecule has 13 heavy (non-hydrogen) atoms. The molecule has 0 amide bonds. The lowest BCUT2D eigenvalue weighted by Gasteiger charge is -2.02. The number of esters is 1. The Labute approximate surface area is 78.7 Å². The minimum Gasteiger partial charge on any atom is -0.465 e. The van der Waals surface area contributed by atoms with Gasteiger partial charge >= 0.3 is 5.97 Å². The lowest BCUT2D eigenvalue weighted by Crippen LogP contribution is -2.28. The van der Waals surface area contributed by atoms with Crippen molar-refractivity contribution in [3.63, 3.8) is 0 Å². The Hall–Kier alpha value is -0.380. The van der Waals surface area contributed by atoms with Crippen LogP contribution in [0.2, 0.25) is 0 Å². The van der Waals surface area contributed by atoms with E-state index in [0.29, 0.717) is 6.61 Å². The van der Waals surface area contributed by atoms with Gasteiger partial charge in [-0.1, -0.05) is 0 Å².